The minimum absolute atomic E-state index is 0.0734. The zero-order chi connectivity index (χ0) is 15.6. The summed E-state index contributed by atoms with van der Waals surface area (Å²) in [5.74, 6) is 0. The van der Waals surface area contributed by atoms with Crippen molar-refractivity contribution < 1.29 is 9.90 Å². The third-order valence-electron chi connectivity index (χ3n) is 4.25. The third-order valence-corrected chi connectivity index (χ3v) is 4.25. The number of aliphatic hydroxyl groups excluding tert-OH is 1. The van der Waals surface area contributed by atoms with Crippen molar-refractivity contribution in [2.45, 2.75) is 116 Å². The van der Waals surface area contributed by atoms with Crippen LogP contribution in [0.1, 0.15) is 110 Å². The smallest absolute Gasteiger partial charge is 0.119 e. The predicted octanol–water partition coefficient (Wildman–Crippen LogP) is 5.81. The van der Waals surface area contributed by atoms with Crippen molar-refractivity contribution in [3.63, 3.8) is 0 Å². The van der Waals surface area contributed by atoms with Crippen molar-refractivity contribution in [2.75, 3.05) is 0 Å². The number of unbranched alkanes of at least 4 members (excludes halogenated alkanes) is 12. The molecular formula is C19H38O2. The Balaban J connectivity index is 3.12. The molecule has 1 unspecified atom stereocenters. The molecule has 0 heterocycles. The molecule has 0 aromatic rings. The SMILES string of the molecule is CCCCCCCCCC(O)CCCCCCCCC=O. The molecule has 0 aromatic heterocycles. The van der Waals surface area contributed by atoms with Crippen LogP contribution in [0.4, 0.5) is 0 Å². The van der Waals surface area contributed by atoms with Crippen LogP contribution < -0.4 is 0 Å². The van der Waals surface area contributed by atoms with Crippen LogP contribution in [-0.2, 0) is 4.79 Å². The fraction of sp³-hybridized carbons (Fsp3) is 0.947. The van der Waals surface area contributed by atoms with E-state index in [2.05, 4.69) is 6.92 Å². The average molecular weight is 299 g/mol. The first kappa shape index (κ1) is 20.6. The maximum atomic E-state index is 10.2. The summed E-state index contributed by atoms with van der Waals surface area (Å²) in [5.41, 5.74) is 0. The molecule has 0 rings (SSSR count). The second-order valence-electron chi connectivity index (χ2n) is 6.43. The lowest BCUT2D eigenvalue weighted by atomic mass is 10.0. The molecule has 0 bridgehead atoms. The Labute approximate surface area is 132 Å². The van der Waals surface area contributed by atoms with Crippen LogP contribution in [0.25, 0.3) is 0 Å². The normalized spacial score (nSPS) is 12.5. The molecule has 1 N–H and O–H groups in total. The van der Waals surface area contributed by atoms with Crippen molar-refractivity contribution in [3.05, 3.63) is 0 Å². The number of carbonyl (C=O) groups excluding carboxylic acids is 1. The van der Waals surface area contributed by atoms with Crippen LogP contribution in [0.2, 0.25) is 0 Å². The Morgan fingerprint density at radius 1 is 0.714 bits per heavy atom. The van der Waals surface area contributed by atoms with Crippen molar-refractivity contribution in [3.8, 4) is 0 Å². The topological polar surface area (TPSA) is 37.3 Å². The maximum absolute atomic E-state index is 10.2. The molecule has 0 aromatic carbocycles. The van der Waals surface area contributed by atoms with Gasteiger partial charge in [0, 0.05) is 6.42 Å². The molecule has 0 amide bonds. The third kappa shape index (κ3) is 17.6. The van der Waals surface area contributed by atoms with Gasteiger partial charge >= 0.3 is 0 Å². The predicted molar refractivity (Wildman–Crippen MR) is 91.6 cm³/mol. The number of hydrogen-bond acceptors (Lipinski definition) is 2. The summed E-state index contributed by atoms with van der Waals surface area (Å²) in [7, 11) is 0. The molecule has 2 heteroatoms. The zero-order valence-corrected chi connectivity index (χ0v) is 14.3. The molecule has 0 saturated heterocycles. The van der Waals surface area contributed by atoms with E-state index < -0.39 is 0 Å². The Bertz CT molecular complexity index is 204. The van der Waals surface area contributed by atoms with Crippen LogP contribution >= 0.6 is 0 Å². The largest absolute Gasteiger partial charge is 0.393 e. The van der Waals surface area contributed by atoms with E-state index in [0.29, 0.717) is 0 Å². The number of aliphatic hydroxyl groups is 1. The van der Waals surface area contributed by atoms with Gasteiger partial charge in [-0.3, -0.25) is 0 Å². The highest BCUT2D eigenvalue weighted by molar-refractivity contribution is 5.48. The molecule has 0 aliphatic carbocycles. The highest BCUT2D eigenvalue weighted by Gasteiger charge is 2.03. The van der Waals surface area contributed by atoms with Crippen molar-refractivity contribution in [2.24, 2.45) is 0 Å². The summed E-state index contributed by atoms with van der Waals surface area (Å²) in [6, 6.07) is 0. The van der Waals surface area contributed by atoms with E-state index in [0.717, 1.165) is 38.4 Å². The van der Waals surface area contributed by atoms with Crippen molar-refractivity contribution >= 4 is 6.29 Å². The van der Waals surface area contributed by atoms with E-state index >= 15 is 0 Å². The first-order valence-corrected chi connectivity index (χ1v) is 9.43. The molecule has 0 radical (unpaired) electrons. The second-order valence-corrected chi connectivity index (χ2v) is 6.43. The fourth-order valence-electron chi connectivity index (χ4n) is 2.80. The summed E-state index contributed by atoms with van der Waals surface area (Å²) in [6.45, 7) is 2.25. The van der Waals surface area contributed by atoms with E-state index in [1.807, 2.05) is 0 Å². The number of aldehydes is 1. The van der Waals surface area contributed by atoms with Gasteiger partial charge in [-0.25, -0.2) is 0 Å². The highest BCUT2D eigenvalue weighted by Crippen LogP contribution is 2.14. The molecule has 0 aliphatic heterocycles. The molecule has 0 fully saturated rings. The first-order chi connectivity index (χ1) is 10.3. The molecule has 126 valence electrons. The van der Waals surface area contributed by atoms with E-state index in [-0.39, 0.29) is 6.10 Å². The number of rotatable bonds is 17. The standard InChI is InChI=1S/C19H38O2/c1-2-3-4-5-7-10-13-16-19(21)17-14-11-8-6-9-12-15-18-20/h18-19,21H,2-17H2,1H3. The Morgan fingerprint density at radius 3 is 1.62 bits per heavy atom. The Hall–Kier alpha value is -0.370. The van der Waals surface area contributed by atoms with E-state index in [1.165, 1.54) is 70.6 Å². The van der Waals surface area contributed by atoms with Crippen LogP contribution in [0.3, 0.4) is 0 Å². The molecule has 2 nitrogen and oxygen atoms in total. The lowest BCUT2D eigenvalue weighted by molar-refractivity contribution is -0.107. The van der Waals surface area contributed by atoms with Crippen LogP contribution in [0.5, 0.6) is 0 Å². The van der Waals surface area contributed by atoms with E-state index in [4.69, 9.17) is 0 Å². The highest BCUT2D eigenvalue weighted by atomic mass is 16.3. The number of hydrogen-bond donors (Lipinski definition) is 1. The molecule has 0 saturated carbocycles. The summed E-state index contributed by atoms with van der Waals surface area (Å²) < 4.78 is 0. The van der Waals surface area contributed by atoms with Crippen LogP contribution in [0.15, 0.2) is 0 Å². The summed E-state index contributed by atoms with van der Waals surface area (Å²) in [5, 5.41) is 9.92. The van der Waals surface area contributed by atoms with E-state index in [1.54, 1.807) is 0 Å². The van der Waals surface area contributed by atoms with Crippen molar-refractivity contribution in [1.29, 1.82) is 0 Å². The molecule has 0 spiro atoms. The Morgan fingerprint density at radius 2 is 1.14 bits per heavy atom. The van der Waals surface area contributed by atoms with Gasteiger partial charge < -0.3 is 9.90 Å². The quantitative estimate of drug-likeness (QED) is 0.272. The van der Waals surface area contributed by atoms with Gasteiger partial charge in [-0.15, -0.1) is 0 Å². The minimum atomic E-state index is -0.0734. The number of carbonyl (C=O) groups is 1. The van der Waals surface area contributed by atoms with E-state index in [9.17, 15) is 9.90 Å². The van der Waals surface area contributed by atoms with Gasteiger partial charge in [0.05, 0.1) is 6.10 Å². The van der Waals surface area contributed by atoms with Gasteiger partial charge in [0.1, 0.15) is 6.29 Å². The van der Waals surface area contributed by atoms with Gasteiger partial charge in [0.15, 0.2) is 0 Å². The average Bonchev–Trinajstić information content (AvgIpc) is 2.49. The monoisotopic (exact) mass is 298 g/mol. The van der Waals surface area contributed by atoms with Crippen molar-refractivity contribution in [1.82, 2.24) is 0 Å². The second kappa shape index (κ2) is 17.7. The lowest BCUT2D eigenvalue weighted by Gasteiger charge is -2.10. The lowest BCUT2D eigenvalue weighted by Crippen LogP contribution is -2.05. The molecular weight excluding hydrogens is 260 g/mol. The van der Waals surface area contributed by atoms with Gasteiger partial charge in [-0.05, 0) is 19.3 Å². The maximum Gasteiger partial charge on any atom is 0.119 e. The summed E-state index contributed by atoms with van der Waals surface area (Å²) in [4.78, 5) is 10.2. The van der Waals surface area contributed by atoms with Gasteiger partial charge in [0.25, 0.3) is 0 Å². The van der Waals surface area contributed by atoms with Crippen LogP contribution in [0, 0.1) is 0 Å². The minimum Gasteiger partial charge on any atom is -0.393 e. The van der Waals surface area contributed by atoms with Crippen LogP contribution in [-0.4, -0.2) is 17.5 Å². The molecule has 1 atom stereocenters. The molecule has 0 aliphatic rings. The fourth-order valence-corrected chi connectivity index (χ4v) is 2.80. The summed E-state index contributed by atoms with van der Waals surface area (Å²) in [6.07, 6.45) is 20.0. The molecule has 21 heavy (non-hydrogen) atoms. The van der Waals surface area contributed by atoms with Gasteiger partial charge in [-0.2, -0.15) is 0 Å². The first-order valence-electron chi connectivity index (χ1n) is 9.43. The van der Waals surface area contributed by atoms with Gasteiger partial charge in [0.2, 0.25) is 0 Å². The Kier molecular flexibility index (Phi) is 17.4. The summed E-state index contributed by atoms with van der Waals surface area (Å²) >= 11 is 0. The zero-order valence-electron chi connectivity index (χ0n) is 14.3. The van der Waals surface area contributed by atoms with Gasteiger partial charge in [-0.1, -0.05) is 84.0 Å².